The van der Waals surface area contributed by atoms with E-state index in [0.717, 1.165) is 25.7 Å². The van der Waals surface area contributed by atoms with Crippen molar-refractivity contribution in [3.8, 4) is 11.8 Å². The number of hydrogen-bond acceptors (Lipinski definition) is 8. The van der Waals surface area contributed by atoms with E-state index in [1.54, 1.807) is 13.2 Å². The number of nitrogens with zero attached hydrogens (tertiary/aromatic N) is 1. The van der Waals surface area contributed by atoms with E-state index < -0.39 is 41.1 Å². The number of benzene rings is 2. The van der Waals surface area contributed by atoms with Crippen LogP contribution in [0.4, 0.5) is 0 Å². The van der Waals surface area contributed by atoms with Gasteiger partial charge < -0.3 is 0 Å². The zero-order valence-corrected chi connectivity index (χ0v) is 21.4. The van der Waals surface area contributed by atoms with Crippen molar-refractivity contribution in [1.29, 1.82) is 5.26 Å². The van der Waals surface area contributed by atoms with Gasteiger partial charge in [0.05, 0.1) is 0 Å². The molecule has 2 aromatic rings. The molecule has 9 nitrogen and oxygen atoms in total. The second kappa shape index (κ2) is 8.99. The monoisotopic (exact) mass is 597 g/mol. The summed E-state index contributed by atoms with van der Waals surface area (Å²) in [5.41, 5.74) is 2.28. The summed E-state index contributed by atoms with van der Waals surface area (Å²) >= 11 is -1.36. The summed E-state index contributed by atoms with van der Waals surface area (Å²) in [5, 5.41) is 9.53. The zero-order valence-electron chi connectivity index (χ0n) is 18.4. The Labute approximate surface area is 208 Å². The average Bonchev–Trinajstić information content (AvgIpc) is 2.82. The fourth-order valence-electron chi connectivity index (χ4n) is 5.77. The molecule has 5 atom stereocenters. The molecule has 1 saturated heterocycles. The number of nitrogens with one attached hydrogen (secondary N) is 1. The van der Waals surface area contributed by atoms with Gasteiger partial charge in [0.2, 0.25) is 0 Å². The van der Waals surface area contributed by atoms with Crippen molar-refractivity contribution in [2.75, 3.05) is 7.11 Å². The van der Waals surface area contributed by atoms with Crippen LogP contribution in [-0.4, -0.2) is 19.4 Å². The predicted molar refractivity (Wildman–Crippen MR) is 112 cm³/mol. The van der Waals surface area contributed by atoms with Crippen LogP contribution in [0.25, 0.3) is 0 Å². The predicted octanol–water partition coefficient (Wildman–Crippen LogP) is -1.24. The first-order valence-electron chi connectivity index (χ1n) is 10.8. The van der Waals surface area contributed by atoms with Gasteiger partial charge in [0.25, 0.3) is 0 Å². The number of ether oxygens (including phenoxy) is 1. The third kappa shape index (κ3) is 3.54. The quantitative estimate of drug-likeness (QED) is 0.138. The molecule has 0 radical (unpaired) electrons. The van der Waals surface area contributed by atoms with Crippen molar-refractivity contribution in [3.05, 3.63) is 64.7 Å². The summed E-state index contributed by atoms with van der Waals surface area (Å²) in [7, 11) is -3.17. The first kappa shape index (κ1) is 23.9. The molecule has 0 amide bonds. The molecule has 2 bridgehead atoms. The molecular formula is C23H23IN2O7P-. The van der Waals surface area contributed by atoms with Crippen molar-refractivity contribution in [2.45, 2.75) is 43.0 Å². The van der Waals surface area contributed by atoms with Crippen LogP contribution in [0, 0.1) is 17.2 Å². The first-order chi connectivity index (χ1) is 16.4. The topological polar surface area (TPSA) is 124 Å². The van der Waals surface area contributed by atoms with Crippen molar-refractivity contribution in [3.63, 3.8) is 0 Å². The van der Waals surface area contributed by atoms with Crippen LogP contribution in [0.5, 0.6) is 5.75 Å². The standard InChI is InChI=1S/C23H24IN2O7P/c1-26-24-33-34(27,28)30-21-13-18(11-10-16(21)14-25)23(29-2)22(31-32-23)17-7-5-9-20(22)19-8-4-3-6-15(19)12-17/h3-4,6,8,10-11,13,17,20,26H,1,5,7,9,12H2,2H3,(H,27,28)/p-1. The molecule has 2 aliphatic carbocycles. The maximum absolute atomic E-state index is 12.3. The summed E-state index contributed by atoms with van der Waals surface area (Å²) < 4.78 is 30.7. The molecule has 5 rings (SSSR count). The van der Waals surface area contributed by atoms with Gasteiger partial charge in [0.15, 0.2) is 0 Å². The van der Waals surface area contributed by atoms with Crippen LogP contribution < -0.4 is 34.5 Å². The van der Waals surface area contributed by atoms with Gasteiger partial charge in [-0.1, -0.05) is 6.07 Å². The molecule has 11 heteroatoms. The van der Waals surface area contributed by atoms with Crippen LogP contribution in [0.3, 0.4) is 0 Å². The van der Waals surface area contributed by atoms with E-state index in [0.29, 0.717) is 5.56 Å². The van der Waals surface area contributed by atoms with Gasteiger partial charge in [-0.25, -0.2) is 0 Å². The van der Waals surface area contributed by atoms with Gasteiger partial charge in [-0.2, -0.15) is 0 Å². The van der Waals surface area contributed by atoms with E-state index in [9.17, 15) is 14.7 Å². The summed E-state index contributed by atoms with van der Waals surface area (Å²) in [6, 6.07) is 15.0. The Hall–Kier alpha value is -1.84. The summed E-state index contributed by atoms with van der Waals surface area (Å²) in [6.45, 7) is 3.36. The van der Waals surface area contributed by atoms with E-state index >= 15 is 0 Å². The second-order valence-electron chi connectivity index (χ2n) is 8.50. The number of phosphoric ester groups is 1. The first-order valence-corrected chi connectivity index (χ1v) is 14.2. The van der Waals surface area contributed by atoms with E-state index in [4.69, 9.17) is 21.9 Å². The third-order valence-electron chi connectivity index (χ3n) is 7.03. The Morgan fingerprint density at radius 3 is 2.82 bits per heavy atom. The molecule has 1 spiro atoms. The Balaban J connectivity index is 1.59. The number of phosphoric acid groups is 1. The number of nitriles is 1. The van der Waals surface area contributed by atoms with Crippen molar-refractivity contribution >= 4 is 14.5 Å². The summed E-state index contributed by atoms with van der Waals surface area (Å²) in [4.78, 5) is 24.1. The van der Waals surface area contributed by atoms with Gasteiger partial charge >= 0.3 is 203 Å². The average molecular weight is 597 g/mol. The Morgan fingerprint density at radius 1 is 1.29 bits per heavy atom. The van der Waals surface area contributed by atoms with Crippen LogP contribution >= 0.6 is 7.82 Å². The van der Waals surface area contributed by atoms with Crippen LogP contribution in [-0.2, 0) is 34.1 Å². The molecule has 2 fully saturated rings. The zero-order chi connectivity index (χ0) is 24.0. The van der Waals surface area contributed by atoms with E-state index in [1.807, 2.05) is 18.2 Å². The molecule has 1 aliphatic heterocycles. The van der Waals surface area contributed by atoms with Crippen molar-refractivity contribution in [1.82, 2.24) is 0 Å². The minimum absolute atomic E-state index is 0.0340. The van der Waals surface area contributed by atoms with E-state index in [-0.39, 0.29) is 23.1 Å². The summed E-state index contributed by atoms with van der Waals surface area (Å²) in [5.74, 6) is -1.28. The third-order valence-corrected chi connectivity index (χ3v) is 10.0. The number of halogens is 1. The van der Waals surface area contributed by atoms with Crippen LogP contribution in [0.15, 0.2) is 42.5 Å². The molecule has 2 aromatic carbocycles. The number of methoxy groups -OCH3 is 1. The Kier molecular flexibility index (Phi) is 6.31. The second-order valence-corrected chi connectivity index (χ2v) is 12.1. The van der Waals surface area contributed by atoms with Crippen LogP contribution in [0.1, 0.15) is 47.4 Å². The molecule has 34 heavy (non-hydrogen) atoms. The number of fused-ring (bicyclic) bond motifs is 2. The van der Waals surface area contributed by atoms with E-state index in [1.165, 1.54) is 23.3 Å². The molecule has 5 unspecified atom stereocenters. The normalized spacial score (nSPS) is 31.1. The van der Waals surface area contributed by atoms with Gasteiger partial charge in [-0.05, 0) is 0 Å². The SMILES string of the molecule is C=[NH+][I-]OP(=O)([O-])Oc1cc(C2(OC)OOC23C2CCCC3c3ccccc3C2)ccc1C#N. The molecular weight excluding hydrogens is 574 g/mol. The molecule has 1 heterocycles. The fourth-order valence-corrected chi connectivity index (χ4v) is 7.70. The fraction of sp³-hybridized carbons (Fsp3) is 0.391. The van der Waals surface area contributed by atoms with Gasteiger partial charge in [-0.3, -0.25) is 0 Å². The Morgan fingerprint density at radius 2 is 2.12 bits per heavy atom. The minimum atomic E-state index is -4.71. The Bertz CT molecular complexity index is 1220. The van der Waals surface area contributed by atoms with Crippen molar-refractivity contribution in [2.24, 2.45) is 5.92 Å². The van der Waals surface area contributed by atoms with Crippen LogP contribution in [0.2, 0.25) is 0 Å². The number of rotatable bonds is 7. The van der Waals surface area contributed by atoms with E-state index in [2.05, 4.69) is 22.1 Å². The van der Waals surface area contributed by atoms with Crippen molar-refractivity contribution < 1.29 is 56.4 Å². The maximum atomic E-state index is 12.3. The molecule has 1 saturated carbocycles. The molecule has 180 valence electrons. The summed E-state index contributed by atoms with van der Waals surface area (Å²) in [6.07, 6.45) is 3.75. The van der Waals surface area contributed by atoms with Gasteiger partial charge in [0.1, 0.15) is 0 Å². The molecule has 3 aliphatic rings. The molecule has 0 aromatic heterocycles. The molecule has 1 N–H and O–H groups in total. The number of hydrogen-bond donors (Lipinski definition) is 1. The van der Waals surface area contributed by atoms with Gasteiger partial charge in [-0.15, -0.1) is 0 Å². The van der Waals surface area contributed by atoms with Gasteiger partial charge in [0, 0.05) is 0 Å².